The van der Waals surface area contributed by atoms with Crippen LogP contribution in [-0.2, 0) is 9.53 Å². The third-order valence-corrected chi connectivity index (χ3v) is 2.86. The van der Waals surface area contributed by atoms with Crippen LogP contribution in [0.2, 0.25) is 0 Å². The first-order valence-corrected chi connectivity index (χ1v) is 5.22. The van der Waals surface area contributed by atoms with E-state index in [2.05, 4.69) is 20.9 Å². The number of nitrogens with zero attached hydrogens (tertiary/aromatic N) is 2. The van der Waals surface area contributed by atoms with Crippen LogP contribution in [0.5, 0.6) is 0 Å². The van der Waals surface area contributed by atoms with Gasteiger partial charge in [0, 0.05) is 22.3 Å². The second kappa shape index (κ2) is 4.02. The summed E-state index contributed by atoms with van der Waals surface area (Å²) in [6.07, 6.45) is 5.01. The first-order valence-electron chi connectivity index (χ1n) is 4.43. The first kappa shape index (κ1) is 10.2. The van der Waals surface area contributed by atoms with Gasteiger partial charge in [0.1, 0.15) is 0 Å². The Morgan fingerprint density at radius 1 is 1.67 bits per heavy atom. The molecule has 2 aromatic rings. The van der Waals surface area contributed by atoms with Crippen molar-refractivity contribution in [3.05, 3.63) is 29.1 Å². The lowest BCUT2D eigenvalue weighted by molar-refractivity contribution is -0.136. The monoisotopic (exact) mass is 268 g/mol. The molecule has 2 aromatic heterocycles. The van der Waals surface area contributed by atoms with Crippen molar-refractivity contribution in [3.8, 4) is 0 Å². The second-order valence-electron chi connectivity index (χ2n) is 3.11. The molecular weight excluding hydrogens is 260 g/mol. The largest absolute Gasteiger partial charge is 0.444 e. The number of rotatable bonds is 3. The minimum Gasteiger partial charge on any atom is -0.444 e. The molecule has 2 rings (SSSR count). The van der Waals surface area contributed by atoms with Crippen molar-refractivity contribution >= 4 is 33.3 Å². The Morgan fingerprint density at radius 2 is 2.47 bits per heavy atom. The number of ether oxygens (including phenoxy) is 1. The molecule has 15 heavy (non-hydrogen) atoms. The standard InChI is InChI=1S/C10H9BrN2O2/c1-7(15-6-14)13-5-9(11)8-2-3-12-4-10(8)13/h2-7H,1H3. The highest BCUT2D eigenvalue weighted by Gasteiger charge is 2.11. The molecule has 0 N–H and O–H groups in total. The van der Waals surface area contributed by atoms with Gasteiger partial charge in [0.15, 0.2) is 6.23 Å². The average molecular weight is 269 g/mol. The smallest absolute Gasteiger partial charge is 0.295 e. The van der Waals surface area contributed by atoms with E-state index in [1.165, 1.54) is 0 Å². The number of aromatic nitrogens is 2. The maximum absolute atomic E-state index is 10.3. The normalized spacial score (nSPS) is 12.7. The molecule has 1 atom stereocenters. The van der Waals surface area contributed by atoms with Crippen LogP contribution in [0.15, 0.2) is 29.1 Å². The zero-order valence-corrected chi connectivity index (χ0v) is 9.64. The molecule has 0 saturated heterocycles. The van der Waals surface area contributed by atoms with Gasteiger partial charge in [-0.1, -0.05) is 0 Å². The summed E-state index contributed by atoms with van der Waals surface area (Å²) in [6, 6.07) is 1.91. The predicted octanol–water partition coefficient (Wildman–Crippen LogP) is 2.49. The summed E-state index contributed by atoms with van der Waals surface area (Å²) in [7, 11) is 0. The number of halogens is 1. The highest BCUT2D eigenvalue weighted by atomic mass is 79.9. The van der Waals surface area contributed by atoms with Crippen molar-refractivity contribution in [3.63, 3.8) is 0 Å². The number of pyridine rings is 1. The molecule has 2 heterocycles. The summed E-state index contributed by atoms with van der Waals surface area (Å²) in [5.74, 6) is 0. The van der Waals surface area contributed by atoms with Gasteiger partial charge in [-0.3, -0.25) is 9.78 Å². The topological polar surface area (TPSA) is 44.1 Å². The summed E-state index contributed by atoms with van der Waals surface area (Å²) in [5.41, 5.74) is 0.929. The summed E-state index contributed by atoms with van der Waals surface area (Å²) in [6.45, 7) is 2.24. The van der Waals surface area contributed by atoms with Crippen LogP contribution in [0.4, 0.5) is 0 Å². The fourth-order valence-corrected chi connectivity index (χ4v) is 2.06. The molecule has 0 aliphatic carbocycles. The Labute approximate surface area is 95.0 Å². The molecule has 5 heteroatoms. The lowest BCUT2D eigenvalue weighted by Gasteiger charge is -2.12. The molecule has 0 amide bonds. The van der Waals surface area contributed by atoms with Gasteiger partial charge in [0.2, 0.25) is 0 Å². The molecule has 0 fully saturated rings. The third-order valence-electron chi connectivity index (χ3n) is 2.23. The molecule has 1 unspecified atom stereocenters. The van der Waals surface area contributed by atoms with Gasteiger partial charge in [-0.25, -0.2) is 0 Å². The Balaban J connectivity index is 2.56. The third kappa shape index (κ3) is 1.74. The van der Waals surface area contributed by atoms with Crippen molar-refractivity contribution in [2.24, 2.45) is 0 Å². The van der Waals surface area contributed by atoms with Crippen LogP contribution in [-0.4, -0.2) is 16.0 Å². The van der Waals surface area contributed by atoms with E-state index in [4.69, 9.17) is 4.74 Å². The van der Waals surface area contributed by atoms with Crippen LogP contribution in [0.1, 0.15) is 13.2 Å². The zero-order chi connectivity index (χ0) is 10.8. The molecule has 0 radical (unpaired) electrons. The summed E-state index contributed by atoms with van der Waals surface area (Å²) in [4.78, 5) is 14.3. The highest BCUT2D eigenvalue weighted by molar-refractivity contribution is 9.10. The molecule has 0 aromatic carbocycles. The lowest BCUT2D eigenvalue weighted by Crippen LogP contribution is -2.06. The molecular formula is C10H9BrN2O2. The maximum atomic E-state index is 10.3. The van der Waals surface area contributed by atoms with Gasteiger partial charge in [-0.2, -0.15) is 0 Å². The van der Waals surface area contributed by atoms with Crippen LogP contribution < -0.4 is 0 Å². The summed E-state index contributed by atoms with van der Waals surface area (Å²) < 4.78 is 7.69. The van der Waals surface area contributed by atoms with Crippen molar-refractivity contribution in [2.45, 2.75) is 13.2 Å². The van der Waals surface area contributed by atoms with Crippen molar-refractivity contribution in [1.29, 1.82) is 0 Å². The Bertz CT molecular complexity index is 495. The van der Waals surface area contributed by atoms with Gasteiger partial charge < -0.3 is 9.30 Å². The molecule has 0 spiro atoms. The molecule has 0 bridgehead atoms. The molecule has 78 valence electrons. The van der Waals surface area contributed by atoms with E-state index >= 15 is 0 Å². The van der Waals surface area contributed by atoms with Gasteiger partial charge >= 0.3 is 0 Å². The Morgan fingerprint density at radius 3 is 3.20 bits per heavy atom. The highest BCUT2D eigenvalue weighted by Crippen LogP contribution is 2.27. The number of hydrogen-bond acceptors (Lipinski definition) is 3. The van der Waals surface area contributed by atoms with E-state index in [9.17, 15) is 4.79 Å². The number of hydrogen-bond donors (Lipinski definition) is 0. The van der Waals surface area contributed by atoms with Crippen LogP contribution >= 0.6 is 15.9 Å². The molecule has 0 saturated carbocycles. The van der Waals surface area contributed by atoms with E-state index in [0.717, 1.165) is 15.4 Å². The minimum absolute atomic E-state index is 0.333. The van der Waals surface area contributed by atoms with E-state index in [-0.39, 0.29) is 6.23 Å². The molecule has 0 aliphatic rings. The lowest BCUT2D eigenvalue weighted by atomic mass is 10.3. The van der Waals surface area contributed by atoms with Crippen LogP contribution in [0.3, 0.4) is 0 Å². The van der Waals surface area contributed by atoms with Gasteiger partial charge in [0.05, 0.1) is 11.7 Å². The first-order chi connectivity index (χ1) is 7.24. The second-order valence-corrected chi connectivity index (χ2v) is 3.96. The van der Waals surface area contributed by atoms with Crippen LogP contribution in [0.25, 0.3) is 10.9 Å². The van der Waals surface area contributed by atoms with E-state index in [0.29, 0.717) is 6.47 Å². The molecule has 4 nitrogen and oxygen atoms in total. The predicted molar refractivity (Wildman–Crippen MR) is 59.3 cm³/mol. The maximum Gasteiger partial charge on any atom is 0.295 e. The number of carbonyl (C=O) groups is 1. The van der Waals surface area contributed by atoms with Crippen LogP contribution in [0, 0.1) is 0 Å². The van der Waals surface area contributed by atoms with Crippen molar-refractivity contribution in [2.75, 3.05) is 0 Å². The fourth-order valence-electron chi connectivity index (χ4n) is 1.50. The number of carbonyl (C=O) groups excluding carboxylic acids is 1. The van der Waals surface area contributed by atoms with E-state index < -0.39 is 0 Å². The number of fused-ring (bicyclic) bond motifs is 1. The van der Waals surface area contributed by atoms with Gasteiger partial charge in [-0.05, 0) is 28.9 Å². The summed E-state index contributed by atoms with van der Waals surface area (Å²) >= 11 is 3.44. The molecule has 0 aliphatic heterocycles. The zero-order valence-electron chi connectivity index (χ0n) is 8.05. The van der Waals surface area contributed by atoms with Gasteiger partial charge in [-0.15, -0.1) is 0 Å². The minimum atomic E-state index is -0.333. The quantitative estimate of drug-likeness (QED) is 0.804. The fraction of sp³-hybridized carbons (Fsp3) is 0.200. The van der Waals surface area contributed by atoms with Gasteiger partial charge in [0.25, 0.3) is 6.47 Å². The van der Waals surface area contributed by atoms with E-state index in [1.54, 1.807) is 19.3 Å². The van der Waals surface area contributed by atoms with Crippen molar-refractivity contribution in [1.82, 2.24) is 9.55 Å². The Kier molecular flexibility index (Phi) is 2.73. The van der Waals surface area contributed by atoms with Crippen molar-refractivity contribution < 1.29 is 9.53 Å². The van der Waals surface area contributed by atoms with E-state index in [1.807, 2.05) is 16.8 Å². The SMILES string of the molecule is CC(OC=O)n1cc(Br)c2ccncc21. The Hall–Kier alpha value is -1.36. The summed E-state index contributed by atoms with van der Waals surface area (Å²) in [5, 5.41) is 1.05. The average Bonchev–Trinajstić information content (AvgIpc) is 2.58.